The molecule has 1 N–H and O–H groups in total. The summed E-state index contributed by atoms with van der Waals surface area (Å²) >= 11 is 3.40. The summed E-state index contributed by atoms with van der Waals surface area (Å²) in [4.78, 5) is 3.79. The normalized spacial score (nSPS) is 9.25. The molecule has 0 unspecified atom stereocenters. The Labute approximate surface area is 80.0 Å². The Morgan fingerprint density at radius 1 is 1.33 bits per heavy atom. The van der Waals surface area contributed by atoms with E-state index in [0.29, 0.717) is 0 Å². The Morgan fingerprint density at radius 3 is 2.58 bits per heavy atom. The van der Waals surface area contributed by atoms with Crippen LogP contribution in [-0.2, 0) is 0 Å². The molecular formula is C9H9BrN2. The van der Waals surface area contributed by atoms with Crippen molar-refractivity contribution in [3.05, 3.63) is 27.7 Å². The summed E-state index contributed by atoms with van der Waals surface area (Å²) in [5, 5.41) is 6.73. The first-order chi connectivity index (χ1) is 5.65. The summed E-state index contributed by atoms with van der Waals surface area (Å²) < 4.78 is 1.02. The largest absolute Gasteiger partial charge is 0.241 e. The van der Waals surface area contributed by atoms with E-state index in [4.69, 9.17) is 5.41 Å². The van der Waals surface area contributed by atoms with Crippen LogP contribution in [0.25, 0.3) is 0 Å². The van der Waals surface area contributed by atoms with Crippen LogP contribution in [0.1, 0.15) is 11.1 Å². The lowest BCUT2D eigenvalue weighted by Gasteiger charge is -2.02. The molecule has 0 aliphatic heterocycles. The first kappa shape index (κ1) is 9.17. The first-order valence-electron chi connectivity index (χ1n) is 3.54. The summed E-state index contributed by atoms with van der Waals surface area (Å²) in [5.41, 5.74) is 3.04. The Balaban J connectivity index is 3.32. The summed E-state index contributed by atoms with van der Waals surface area (Å²) in [6.07, 6.45) is 0. The van der Waals surface area contributed by atoms with E-state index in [1.54, 1.807) is 0 Å². The number of halogens is 1. The van der Waals surface area contributed by atoms with E-state index in [1.807, 2.05) is 32.0 Å². The second-order valence-corrected chi connectivity index (χ2v) is 3.47. The molecule has 0 atom stereocenters. The van der Waals surface area contributed by atoms with Gasteiger partial charge in [-0.05, 0) is 31.0 Å². The molecule has 0 saturated heterocycles. The molecule has 1 aromatic carbocycles. The number of aliphatic imine (C=N–C) groups is 1. The number of hydrogen-bond acceptors (Lipinski definition) is 2. The summed E-state index contributed by atoms with van der Waals surface area (Å²) in [6.45, 7) is 3.99. The van der Waals surface area contributed by atoms with Crippen molar-refractivity contribution in [1.82, 2.24) is 0 Å². The zero-order valence-electron chi connectivity index (χ0n) is 6.98. The molecule has 0 radical (unpaired) electrons. The highest BCUT2D eigenvalue weighted by Crippen LogP contribution is 2.26. The van der Waals surface area contributed by atoms with Crippen molar-refractivity contribution in [2.24, 2.45) is 4.99 Å². The van der Waals surface area contributed by atoms with Crippen LogP contribution in [0.2, 0.25) is 0 Å². The van der Waals surface area contributed by atoms with Crippen molar-refractivity contribution >= 4 is 27.6 Å². The van der Waals surface area contributed by atoms with Gasteiger partial charge >= 0.3 is 0 Å². The summed E-state index contributed by atoms with van der Waals surface area (Å²) in [5.74, 6) is 0. The highest BCUT2D eigenvalue weighted by atomic mass is 79.9. The van der Waals surface area contributed by atoms with Crippen molar-refractivity contribution in [3.63, 3.8) is 0 Å². The molecule has 3 heteroatoms. The molecule has 0 aliphatic rings. The maximum absolute atomic E-state index is 6.73. The highest BCUT2D eigenvalue weighted by molar-refractivity contribution is 9.10. The average Bonchev–Trinajstić information content (AvgIpc) is 2.01. The van der Waals surface area contributed by atoms with Gasteiger partial charge in [0.1, 0.15) is 0 Å². The van der Waals surface area contributed by atoms with Crippen LogP contribution in [0, 0.1) is 19.3 Å². The standard InChI is InChI=1S/C9H9BrN2/c1-6-3-7(2)9(12-5-11)4-8(6)10/h3-4,11H,1-2H3. The minimum atomic E-state index is 0.794. The lowest BCUT2D eigenvalue weighted by molar-refractivity contribution is 1.32. The molecule has 0 heterocycles. The number of nitrogens with zero attached hydrogens (tertiary/aromatic N) is 1. The molecule has 2 nitrogen and oxygen atoms in total. The third-order valence-electron chi connectivity index (χ3n) is 1.65. The van der Waals surface area contributed by atoms with Crippen LogP contribution >= 0.6 is 15.9 Å². The van der Waals surface area contributed by atoms with E-state index < -0.39 is 0 Å². The van der Waals surface area contributed by atoms with Gasteiger partial charge in [0.15, 0.2) is 0 Å². The maximum atomic E-state index is 6.73. The van der Waals surface area contributed by atoms with Gasteiger partial charge in [-0.15, -0.1) is 0 Å². The Hall–Kier alpha value is -0.920. The average molecular weight is 225 g/mol. The number of rotatable bonds is 1. The van der Waals surface area contributed by atoms with Crippen LogP contribution in [0.3, 0.4) is 0 Å². The maximum Gasteiger partial charge on any atom is 0.0918 e. The number of benzene rings is 1. The monoisotopic (exact) mass is 224 g/mol. The van der Waals surface area contributed by atoms with Crippen molar-refractivity contribution in [1.29, 1.82) is 5.41 Å². The van der Waals surface area contributed by atoms with Gasteiger partial charge in [0.05, 0.1) is 11.7 Å². The topological polar surface area (TPSA) is 36.2 Å². The molecule has 0 aliphatic carbocycles. The second-order valence-electron chi connectivity index (χ2n) is 2.61. The quantitative estimate of drug-likeness (QED) is 0.710. The highest BCUT2D eigenvalue weighted by Gasteiger charge is 2.00. The van der Waals surface area contributed by atoms with Crippen LogP contribution < -0.4 is 0 Å². The van der Waals surface area contributed by atoms with Gasteiger partial charge in [0.25, 0.3) is 0 Å². The minimum Gasteiger partial charge on any atom is -0.241 e. The van der Waals surface area contributed by atoms with E-state index in [0.717, 1.165) is 15.7 Å². The summed E-state index contributed by atoms with van der Waals surface area (Å²) in [7, 11) is 0. The van der Waals surface area contributed by atoms with Gasteiger partial charge in [-0.3, -0.25) is 0 Å². The fourth-order valence-electron chi connectivity index (χ4n) is 0.996. The van der Waals surface area contributed by atoms with Gasteiger partial charge in [0.2, 0.25) is 0 Å². The molecule has 12 heavy (non-hydrogen) atoms. The third-order valence-corrected chi connectivity index (χ3v) is 2.51. The van der Waals surface area contributed by atoms with Gasteiger partial charge in [-0.1, -0.05) is 22.0 Å². The van der Waals surface area contributed by atoms with E-state index >= 15 is 0 Å². The predicted molar refractivity (Wildman–Crippen MR) is 53.4 cm³/mol. The van der Waals surface area contributed by atoms with Gasteiger partial charge in [-0.2, -0.15) is 4.99 Å². The number of nitrogens with one attached hydrogen (secondary N) is 1. The molecule has 0 amide bonds. The van der Waals surface area contributed by atoms with Gasteiger partial charge in [0, 0.05) is 4.47 Å². The van der Waals surface area contributed by atoms with E-state index in [9.17, 15) is 0 Å². The fourth-order valence-corrected chi connectivity index (χ4v) is 1.33. The Bertz CT molecular complexity index is 352. The zero-order valence-corrected chi connectivity index (χ0v) is 8.57. The number of aryl methyl sites for hydroxylation is 2. The molecule has 1 aromatic rings. The molecular weight excluding hydrogens is 216 g/mol. The molecule has 0 saturated carbocycles. The molecule has 1 rings (SSSR count). The molecule has 0 fully saturated rings. The molecule has 0 spiro atoms. The van der Waals surface area contributed by atoms with Crippen LogP contribution in [0.4, 0.5) is 5.69 Å². The fraction of sp³-hybridized carbons (Fsp3) is 0.222. The van der Waals surface area contributed by atoms with Gasteiger partial charge < -0.3 is 0 Å². The molecule has 0 bridgehead atoms. The third kappa shape index (κ3) is 1.81. The second kappa shape index (κ2) is 3.65. The van der Waals surface area contributed by atoms with Crippen molar-refractivity contribution in [2.75, 3.05) is 0 Å². The van der Waals surface area contributed by atoms with E-state index in [1.165, 1.54) is 5.56 Å². The van der Waals surface area contributed by atoms with Crippen LogP contribution in [-0.4, -0.2) is 6.01 Å². The minimum absolute atomic E-state index is 0.794. The molecule has 0 aromatic heterocycles. The lowest BCUT2D eigenvalue weighted by Crippen LogP contribution is -1.79. The van der Waals surface area contributed by atoms with Crippen molar-refractivity contribution in [2.45, 2.75) is 13.8 Å². The summed E-state index contributed by atoms with van der Waals surface area (Å²) in [6, 6.07) is 5.95. The van der Waals surface area contributed by atoms with E-state index in [2.05, 4.69) is 20.9 Å². The lowest BCUT2D eigenvalue weighted by atomic mass is 10.1. The van der Waals surface area contributed by atoms with Crippen LogP contribution in [0.5, 0.6) is 0 Å². The number of hydrogen-bond donors (Lipinski definition) is 1. The van der Waals surface area contributed by atoms with Crippen LogP contribution in [0.15, 0.2) is 21.6 Å². The molecule has 62 valence electrons. The Kier molecular flexibility index (Phi) is 2.79. The van der Waals surface area contributed by atoms with Gasteiger partial charge in [-0.25, -0.2) is 5.41 Å². The predicted octanol–water partition coefficient (Wildman–Crippen LogP) is 3.45. The Morgan fingerprint density at radius 2 is 2.00 bits per heavy atom. The van der Waals surface area contributed by atoms with E-state index in [-0.39, 0.29) is 0 Å². The zero-order chi connectivity index (χ0) is 9.14. The smallest absolute Gasteiger partial charge is 0.0918 e. The van der Waals surface area contributed by atoms with Crippen molar-refractivity contribution < 1.29 is 0 Å². The first-order valence-corrected chi connectivity index (χ1v) is 4.33. The SMILES string of the molecule is Cc1cc(C)c(N=C=N)cc1Br. The van der Waals surface area contributed by atoms with Crippen molar-refractivity contribution in [3.8, 4) is 0 Å².